The number of aromatic nitrogens is 1. The zero-order valence-electron chi connectivity index (χ0n) is 6.88. The van der Waals surface area contributed by atoms with Gasteiger partial charge in [0.15, 0.2) is 0 Å². The Morgan fingerprint density at radius 3 is 3.00 bits per heavy atom. The van der Waals surface area contributed by atoms with Crippen LogP contribution in [-0.4, -0.2) is 31.1 Å². The van der Waals surface area contributed by atoms with E-state index >= 15 is 0 Å². The van der Waals surface area contributed by atoms with E-state index in [1.165, 1.54) is 25.8 Å². The Morgan fingerprint density at radius 1 is 1.46 bits per heavy atom. The molecule has 1 aliphatic rings. The molecular weight excluding hydrogens is 190 g/mol. The monoisotopic (exact) mass is 197 g/mol. The Kier molecular flexibility index (Phi) is 1.59. The minimum absolute atomic E-state index is 0.153. The van der Waals surface area contributed by atoms with Crippen molar-refractivity contribution in [3.05, 3.63) is 18.5 Å². The molecule has 1 aliphatic heterocycles. The standard InChI is InChI=1S/C7H7N3O2S/c1-10-5-9-6-2-3-8-4-7(6)13(10,11)12/h2-5H,1H3. The van der Waals surface area contributed by atoms with Gasteiger partial charge in [0, 0.05) is 19.4 Å². The molecule has 0 fully saturated rings. The van der Waals surface area contributed by atoms with Gasteiger partial charge in [0.25, 0.3) is 10.0 Å². The van der Waals surface area contributed by atoms with Crippen molar-refractivity contribution >= 4 is 22.0 Å². The molecule has 0 radical (unpaired) electrons. The fraction of sp³-hybridized carbons (Fsp3) is 0.143. The van der Waals surface area contributed by atoms with Gasteiger partial charge < -0.3 is 0 Å². The molecule has 0 unspecified atom stereocenters. The normalized spacial score (nSPS) is 18.4. The van der Waals surface area contributed by atoms with Crippen molar-refractivity contribution in [2.24, 2.45) is 4.99 Å². The van der Waals surface area contributed by atoms with Crippen LogP contribution in [0, 0.1) is 0 Å². The first-order chi connectivity index (χ1) is 6.12. The maximum atomic E-state index is 11.6. The summed E-state index contributed by atoms with van der Waals surface area (Å²) in [6, 6.07) is 1.57. The number of nitrogens with zero attached hydrogens (tertiary/aromatic N) is 3. The van der Waals surface area contributed by atoms with Crippen LogP contribution in [0.25, 0.3) is 0 Å². The lowest BCUT2D eigenvalue weighted by molar-refractivity contribution is 0.553. The van der Waals surface area contributed by atoms with E-state index in [-0.39, 0.29) is 4.90 Å². The van der Waals surface area contributed by atoms with Gasteiger partial charge in [0.05, 0.1) is 5.69 Å². The van der Waals surface area contributed by atoms with Crippen molar-refractivity contribution in [1.29, 1.82) is 0 Å². The van der Waals surface area contributed by atoms with Crippen LogP contribution in [-0.2, 0) is 10.0 Å². The van der Waals surface area contributed by atoms with E-state index in [9.17, 15) is 8.42 Å². The molecule has 0 aromatic carbocycles. The maximum absolute atomic E-state index is 11.6. The second-order valence-electron chi connectivity index (χ2n) is 2.61. The summed E-state index contributed by atoms with van der Waals surface area (Å²) >= 11 is 0. The van der Waals surface area contributed by atoms with Gasteiger partial charge in [-0.1, -0.05) is 0 Å². The van der Waals surface area contributed by atoms with Crippen molar-refractivity contribution in [3.8, 4) is 0 Å². The molecule has 0 atom stereocenters. The Bertz CT molecular complexity index is 466. The van der Waals surface area contributed by atoms with Crippen LogP contribution in [0.2, 0.25) is 0 Å². The summed E-state index contributed by atoms with van der Waals surface area (Å²) < 4.78 is 24.3. The Labute approximate surface area is 75.8 Å². The van der Waals surface area contributed by atoms with Gasteiger partial charge in [0.2, 0.25) is 0 Å². The first-order valence-corrected chi connectivity index (χ1v) is 5.02. The summed E-state index contributed by atoms with van der Waals surface area (Å²) in [6.07, 6.45) is 4.09. The Morgan fingerprint density at radius 2 is 2.23 bits per heavy atom. The summed E-state index contributed by atoms with van der Waals surface area (Å²) in [5.74, 6) is 0. The zero-order chi connectivity index (χ0) is 9.47. The molecular formula is C7H7N3O2S. The third kappa shape index (κ3) is 1.10. The number of pyridine rings is 1. The second-order valence-corrected chi connectivity index (χ2v) is 4.58. The number of rotatable bonds is 0. The molecule has 2 rings (SSSR count). The fourth-order valence-electron chi connectivity index (χ4n) is 1.04. The van der Waals surface area contributed by atoms with Crippen molar-refractivity contribution in [3.63, 3.8) is 0 Å². The number of fused-ring (bicyclic) bond motifs is 1. The second kappa shape index (κ2) is 2.53. The highest BCUT2D eigenvalue weighted by Crippen LogP contribution is 2.27. The van der Waals surface area contributed by atoms with Crippen molar-refractivity contribution in [2.45, 2.75) is 4.90 Å². The van der Waals surface area contributed by atoms with Crippen molar-refractivity contribution in [2.75, 3.05) is 7.05 Å². The van der Waals surface area contributed by atoms with E-state index in [1.807, 2.05) is 0 Å². The number of sulfonamides is 1. The molecule has 68 valence electrons. The van der Waals surface area contributed by atoms with E-state index in [1.54, 1.807) is 6.07 Å². The highest BCUT2D eigenvalue weighted by molar-refractivity contribution is 7.89. The fourth-order valence-corrected chi connectivity index (χ4v) is 2.10. The molecule has 6 heteroatoms. The van der Waals surface area contributed by atoms with Gasteiger partial charge in [0.1, 0.15) is 11.2 Å². The van der Waals surface area contributed by atoms with Crippen molar-refractivity contribution < 1.29 is 8.42 Å². The third-order valence-corrected chi connectivity index (χ3v) is 3.50. The van der Waals surface area contributed by atoms with Crippen LogP contribution in [0.5, 0.6) is 0 Å². The summed E-state index contributed by atoms with van der Waals surface area (Å²) in [5, 5.41) is 0. The molecule has 0 saturated carbocycles. The summed E-state index contributed by atoms with van der Waals surface area (Å²) in [5.41, 5.74) is 0.438. The topological polar surface area (TPSA) is 62.6 Å². The first-order valence-electron chi connectivity index (χ1n) is 3.58. The van der Waals surface area contributed by atoms with Gasteiger partial charge in [-0.15, -0.1) is 0 Å². The van der Waals surface area contributed by atoms with Crippen LogP contribution in [0.3, 0.4) is 0 Å². The molecule has 0 bridgehead atoms. The van der Waals surface area contributed by atoms with Crippen LogP contribution in [0.1, 0.15) is 0 Å². The van der Waals surface area contributed by atoms with Crippen LogP contribution in [0.4, 0.5) is 5.69 Å². The predicted octanol–water partition coefficient (Wildman–Crippen LogP) is 0.375. The van der Waals surface area contributed by atoms with Crippen LogP contribution in [0.15, 0.2) is 28.3 Å². The average Bonchev–Trinajstić information content (AvgIpc) is 2.13. The van der Waals surface area contributed by atoms with E-state index in [0.717, 1.165) is 4.31 Å². The predicted molar refractivity (Wildman–Crippen MR) is 47.3 cm³/mol. The van der Waals surface area contributed by atoms with Gasteiger partial charge >= 0.3 is 0 Å². The SMILES string of the molecule is CN1C=Nc2ccncc2S1(=O)=O. The third-order valence-electron chi connectivity index (χ3n) is 1.78. The van der Waals surface area contributed by atoms with E-state index < -0.39 is 10.0 Å². The molecule has 13 heavy (non-hydrogen) atoms. The minimum atomic E-state index is -3.40. The molecule has 0 N–H and O–H groups in total. The Balaban J connectivity index is 2.76. The molecule has 1 aromatic rings. The highest BCUT2D eigenvalue weighted by atomic mass is 32.2. The minimum Gasteiger partial charge on any atom is -0.263 e. The van der Waals surface area contributed by atoms with Gasteiger partial charge in [-0.3, -0.25) is 9.29 Å². The zero-order valence-corrected chi connectivity index (χ0v) is 7.69. The first kappa shape index (κ1) is 8.18. The van der Waals surface area contributed by atoms with Crippen LogP contribution < -0.4 is 0 Å². The average molecular weight is 197 g/mol. The van der Waals surface area contributed by atoms with Gasteiger partial charge in [-0.2, -0.15) is 0 Å². The number of hydrogen-bond donors (Lipinski definition) is 0. The molecule has 0 aliphatic carbocycles. The van der Waals surface area contributed by atoms with Gasteiger partial charge in [-0.05, 0) is 6.07 Å². The molecule has 2 heterocycles. The molecule has 0 saturated heterocycles. The smallest absolute Gasteiger partial charge is 0.263 e. The lowest BCUT2D eigenvalue weighted by Crippen LogP contribution is -2.27. The van der Waals surface area contributed by atoms with E-state index in [2.05, 4.69) is 9.98 Å². The number of aliphatic imine (C=N–C) groups is 1. The van der Waals surface area contributed by atoms with Crippen LogP contribution >= 0.6 is 0 Å². The quantitative estimate of drug-likeness (QED) is 0.603. The van der Waals surface area contributed by atoms with E-state index in [4.69, 9.17) is 0 Å². The van der Waals surface area contributed by atoms with Gasteiger partial charge in [-0.25, -0.2) is 13.4 Å². The lowest BCUT2D eigenvalue weighted by Gasteiger charge is -2.18. The lowest BCUT2D eigenvalue weighted by atomic mass is 10.4. The summed E-state index contributed by atoms with van der Waals surface area (Å²) in [6.45, 7) is 0. The Hall–Kier alpha value is -1.43. The maximum Gasteiger partial charge on any atom is 0.268 e. The van der Waals surface area contributed by atoms with Crippen molar-refractivity contribution in [1.82, 2.24) is 9.29 Å². The molecule has 0 spiro atoms. The summed E-state index contributed by atoms with van der Waals surface area (Å²) in [7, 11) is -1.96. The summed E-state index contributed by atoms with van der Waals surface area (Å²) in [4.78, 5) is 7.85. The van der Waals surface area contributed by atoms with E-state index in [0.29, 0.717) is 5.69 Å². The number of hydrogen-bond acceptors (Lipinski definition) is 4. The highest BCUT2D eigenvalue weighted by Gasteiger charge is 2.25. The largest absolute Gasteiger partial charge is 0.268 e. The molecule has 5 nitrogen and oxygen atoms in total. The molecule has 1 aromatic heterocycles. The molecule has 0 amide bonds.